The minimum Gasteiger partial charge on any atom is -0.477 e. The molecule has 0 saturated carbocycles. The Bertz CT molecular complexity index is 1150. The van der Waals surface area contributed by atoms with Gasteiger partial charge in [0.2, 0.25) is 5.89 Å². The smallest absolute Gasteiger partial charge is 0.310 e. The van der Waals surface area contributed by atoms with E-state index in [1.807, 2.05) is 24.3 Å². The van der Waals surface area contributed by atoms with Gasteiger partial charge in [-0.3, -0.25) is 14.9 Å². The second kappa shape index (κ2) is 7.81. The van der Waals surface area contributed by atoms with E-state index in [0.717, 1.165) is 11.1 Å². The number of anilines is 1. The van der Waals surface area contributed by atoms with Gasteiger partial charge in [0.1, 0.15) is 5.52 Å². The van der Waals surface area contributed by atoms with Crippen molar-refractivity contribution in [1.82, 2.24) is 4.98 Å². The van der Waals surface area contributed by atoms with Gasteiger partial charge in [0.05, 0.1) is 4.92 Å². The molecule has 144 valence electrons. The summed E-state index contributed by atoms with van der Waals surface area (Å²) in [6, 6.07) is 20.4. The number of nitro benzene ring substituents is 1. The molecule has 0 radical (unpaired) electrons. The quantitative estimate of drug-likeness (QED) is 0.386. The topological polar surface area (TPSA) is 108 Å². The van der Waals surface area contributed by atoms with Gasteiger partial charge in [-0.2, -0.15) is 0 Å². The van der Waals surface area contributed by atoms with Crippen LogP contribution in [-0.2, 0) is 4.79 Å². The van der Waals surface area contributed by atoms with Crippen molar-refractivity contribution < 1.29 is 18.9 Å². The summed E-state index contributed by atoms with van der Waals surface area (Å²) in [6.07, 6.45) is 0. The third-order valence-corrected chi connectivity index (χ3v) is 4.13. The Labute approximate surface area is 164 Å². The van der Waals surface area contributed by atoms with E-state index in [0.29, 0.717) is 17.2 Å². The number of benzene rings is 3. The Hall–Kier alpha value is -4.20. The van der Waals surface area contributed by atoms with Crippen LogP contribution in [0.2, 0.25) is 0 Å². The Morgan fingerprint density at radius 1 is 1.03 bits per heavy atom. The van der Waals surface area contributed by atoms with E-state index in [4.69, 9.17) is 9.15 Å². The normalized spacial score (nSPS) is 10.6. The second-order valence-corrected chi connectivity index (χ2v) is 6.13. The molecule has 1 heterocycles. The second-order valence-electron chi connectivity index (χ2n) is 6.13. The minimum absolute atomic E-state index is 0.0407. The van der Waals surface area contributed by atoms with Crippen LogP contribution in [0.15, 0.2) is 77.2 Å². The van der Waals surface area contributed by atoms with E-state index in [1.165, 1.54) is 18.2 Å². The van der Waals surface area contributed by atoms with Gasteiger partial charge in [0.15, 0.2) is 17.9 Å². The summed E-state index contributed by atoms with van der Waals surface area (Å²) in [5.74, 6) is 0.0977. The van der Waals surface area contributed by atoms with Gasteiger partial charge in [-0.15, -0.1) is 0 Å². The first-order valence-corrected chi connectivity index (χ1v) is 8.72. The maximum Gasteiger partial charge on any atom is 0.310 e. The van der Waals surface area contributed by atoms with Crippen LogP contribution >= 0.6 is 0 Å². The zero-order valence-electron chi connectivity index (χ0n) is 15.1. The number of amides is 1. The molecule has 0 aliphatic carbocycles. The first kappa shape index (κ1) is 18.2. The lowest BCUT2D eigenvalue weighted by Crippen LogP contribution is -2.20. The molecule has 0 spiro atoms. The van der Waals surface area contributed by atoms with Gasteiger partial charge in [-0.1, -0.05) is 24.3 Å². The zero-order valence-corrected chi connectivity index (χ0v) is 15.1. The first-order valence-electron chi connectivity index (χ1n) is 8.72. The molecule has 8 nitrogen and oxygen atoms in total. The van der Waals surface area contributed by atoms with Gasteiger partial charge >= 0.3 is 5.69 Å². The third kappa shape index (κ3) is 4.06. The fraction of sp³-hybridized carbons (Fsp3) is 0.0476. The predicted octanol–water partition coefficient (Wildman–Crippen LogP) is 4.42. The van der Waals surface area contributed by atoms with Crippen LogP contribution in [0.5, 0.6) is 5.75 Å². The van der Waals surface area contributed by atoms with Crippen molar-refractivity contribution in [2.45, 2.75) is 0 Å². The molecule has 1 aromatic heterocycles. The number of carbonyl (C=O) groups excluding carboxylic acids is 1. The Morgan fingerprint density at radius 3 is 2.52 bits per heavy atom. The van der Waals surface area contributed by atoms with Crippen LogP contribution in [0, 0.1) is 10.1 Å². The SMILES string of the molecule is O=C(COc1ccccc1[N+](=O)[O-])Nc1ccc(-c2nc3ccccc3o2)cc1. The van der Waals surface area contributed by atoms with Gasteiger partial charge in [0, 0.05) is 17.3 Å². The molecular formula is C21H15N3O5. The maximum atomic E-state index is 12.1. The van der Waals surface area contributed by atoms with Gasteiger partial charge in [0.25, 0.3) is 5.91 Å². The third-order valence-electron chi connectivity index (χ3n) is 4.13. The average Bonchev–Trinajstić information content (AvgIpc) is 3.17. The number of rotatable bonds is 6. The molecule has 1 amide bonds. The number of nitrogens with one attached hydrogen (secondary N) is 1. The maximum absolute atomic E-state index is 12.1. The van der Waals surface area contributed by atoms with E-state index in [2.05, 4.69) is 10.3 Å². The number of nitrogens with zero attached hydrogens (tertiary/aromatic N) is 2. The summed E-state index contributed by atoms with van der Waals surface area (Å²) in [6.45, 7) is -0.349. The minimum atomic E-state index is -0.557. The molecule has 4 aromatic rings. The molecule has 0 fully saturated rings. The van der Waals surface area contributed by atoms with Crippen LogP contribution in [-0.4, -0.2) is 22.4 Å². The number of aromatic nitrogens is 1. The predicted molar refractivity (Wildman–Crippen MR) is 107 cm³/mol. The molecule has 8 heteroatoms. The molecule has 0 aliphatic rings. The molecular weight excluding hydrogens is 374 g/mol. The standard InChI is InChI=1S/C21H15N3O5/c25-20(13-28-19-8-4-2-6-17(19)24(26)27)22-15-11-9-14(10-12-15)21-23-16-5-1-3-7-18(16)29-21/h1-12H,13H2,(H,22,25). The lowest BCUT2D eigenvalue weighted by atomic mass is 10.2. The molecule has 29 heavy (non-hydrogen) atoms. The van der Waals surface area contributed by atoms with Crippen molar-refractivity contribution >= 4 is 28.4 Å². The molecule has 0 aliphatic heterocycles. The summed E-state index contributed by atoms with van der Waals surface area (Å²) in [5, 5.41) is 13.7. The summed E-state index contributed by atoms with van der Waals surface area (Å²) in [7, 11) is 0. The molecule has 1 N–H and O–H groups in total. The largest absolute Gasteiger partial charge is 0.477 e. The fourth-order valence-corrected chi connectivity index (χ4v) is 2.76. The average molecular weight is 389 g/mol. The van der Waals surface area contributed by atoms with E-state index >= 15 is 0 Å². The highest BCUT2D eigenvalue weighted by molar-refractivity contribution is 5.92. The molecule has 0 bridgehead atoms. The molecule has 4 rings (SSSR count). The summed E-state index contributed by atoms with van der Waals surface area (Å²) in [4.78, 5) is 27.0. The fourth-order valence-electron chi connectivity index (χ4n) is 2.76. The number of ether oxygens (including phenoxy) is 1. The van der Waals surface area contributed by atoms with Crippen molar-refractivity contribution in [2.24, 2.45) is 0 Å². The van der Waals surface area contributed by atoms with Crippen molar-refractivity contribution in [2.75, 3.05) is 11.9 Å². The van der Waals surface area contributed by atoms with Crippen LogP contribution in [0.25, 0.3) is 22.6 Å². The monoisotopic (exact) mass is 389 g/mol. The van der Waals surface area contributed by atoms with Gasteiger partial charge in [-0.05, 0) is 42.5 Å². The highest BCUT2D eigenvalue weighted by atomic mass is 16.6. The lowest BCUT2D eigenvalue weighted by Gasteiger charge is -2.08. The summed E-state index contributed by atoms with van der Waals surface area (Å²) >= 11 is 0. The van der Waals surface area contributed by atoms with Crippen molar-refractivity contribution in [1.29, 1.82) is 0 Å². The van der Waals surface area contributed by atoms with E-state index < -0.39 is 10.8 Å². The van der Waals surface area contributed by atoms with E-state index in [1.54, 1.807) is 30.3 Å². The Kier molecular flexibility index (Phi) is 4.90. The summed E-state index contributed by atoms with van der Waals surface area (Å²) in [5.41, 5.74) is 2.61. The number of hydrogen-bond acceptors (Lipinski definition) is 6. The van der Waals surface area contributed by atoms with Gasteiger partial charge < -0.3 is 14.5 Å². The number of nitro groups is 1. The van der Waals surface area contributed by atoms with Crippen molar-refractivity contribution in [3.63, 3.8) is 0 Å². The van der Waals surface area contributed by atoms with Crippen LogP contribution in [0.1, 0.15) is 0 Å². The van der Waals surface area contributed by atoms with Crippen LogP contribution < -0.4 is 10.1 Å². The number of hydrogen-bond donors (Lipinski definition) is 1. The molecule has 3 aromatic carbocycles. The van der Waals surface area contributed by atoms with E-state index in [-0.39, 0.29) is 18.0 Å². The van der Waals surface area contributed by atoms with Crippen molar-refractivity contribution in [3.05, 3.63) is 82.9 Å². The Balaban J connectivity index is 1.40. The van der Waals surface area contributed by atoms with Crippen LogP contribution in [0.3, 0.4) is 0 Å². The molecule has 0 unspecified atom stereocenters. The number of oxazole rings is 1. The van der Waals surface area contributed by atoms with Crippen LogP contribution in [0.4, 0.5) is 11.4 Å². The highest BCUT2D eigenvalue weighted by Gasteiger charge is 2.15. The first-order chi connectivity index (χ1) is 14.1. The number of carbonyl (C=O) groups is 1. The summed E-state index contributed by atoms with van der Waals surface area (Å²) < 4.78 is 11.0. The lowest BCUT2D eigenvalue weighted by molar-refractivity contribution is -0.385. The molecule has 0 saturated heterocycles. The van der Waals surface area contributed by atoms with Gasteiger partial charge in [-0.25, -0.2) is 4.98 Å². The Morgan fingerprint density at radius 2 is 1.76 bits per heavy atom. The number of fused-ring (bicyclic) bond motifs is 1. The molecule has 0 atom stereocenters. The highest BCUT2D eigenvalue weighted by Crippen LogP contribution is 2.26. The number of para-hydroxylation sites is 4. The zero-order chi connectivity index (χ0) is 20.2. The van der Waals surface area contributed by atoms with E-state index in [9.17, 15) is 14.9 Å². The van der Waals surface area contributed by atoms with Crippen molar-refractivity contribution in [3.8, 4) is 17.2 Å².